The van der Waals surface area contributed by atoms with Gasteiger partial charge in [0.2, 0.25) is 0 Å². The van der Waals surface area contributed by atoms with E-state index in [1.807, 2.05) is 25.3 Å². The van der Waals surface area contributed by atoms with Crippen LogP contribution in [0.1, 0.15) is 36.2 Å². The third kappa shape index (κ3) is 1.31. The number of imidazole rings is 1. The van der Waals surface area contributed by atoms with Gasteiger partial charge in [-0.05, 0) is 20.8 Å². The van der Waals surface area contributed by atoms with Crippen LogP contribution < -0.4 is 0 Å². The van der Waals surface area contributed by atoms with E-state index in [9.17, 15) is 4.79 Å². The third-order valence-corrected chi connectivity index (χ3v) is 1.63. The number of hydrogen-bond acceptors (Lipinski definition) is 2. The molecular formula is C8H12N2O. The Morgan fingerprint density at radius 1 is 1.64 bits per heavy atom. The zero-order chi connectivity index (χ0) is 8.43. The first-order chi connectivity index (χ1) is 5.16. The van der Waals surface area contributed by atoms with Crippen LogP contribution in [0.2, 0.25) is 0 Å². The molecule has 0 saturated heterocycles. The Hall–Kier alpha value is -1.12. The molecule has 0 unspecified atom stereocenters. The fourth-order valence-electron chi connectivity index (χ4n) is 1.22. The second-order valence-corrected chi connectivity index (χ2v) is 2.84. The van der Waals surface area contributed by atoms with Gasteiger partial charge < -0.3 is 4.57 Å². The maximum absolute atomic E-state index is 10.5. The van der Waals surface area contributed by atoms with Crippen LogP contribution in [0.4, 0.5) is 0 Å². The molecule has 1 heterocycles. The molecule has 0 amide bonds. The molecule has 0 aliphatic heterocycles. The van der Waals surface area contributed by atoms with E-state index >= 15 is 0 Å². The van der Waals surface area contributed by atoms with E-state index in [0.717, 1.165) is 12.0 Å². The van der Waals surface area contributed by atoms with E-state index in [1.54, 1.807) is 6.20 Å². The highest BCUT2D eigenvalue weighted by atomic mass is 16.1. The molecule has 1 rings (SSSR count). The smallest absolute Gasteiger partial charge is 0.185 e. The molecule has 3 nitrogen and oxygen atoms in total. The number of rotatable bonds is 2. The van der Waals surface area contributed by atoms with E-state index in [2.05, 4.69) is 4.98 Å². The molecule has 0 spiro atoms. The fourth-order valence-corrected chi connectivity index (χ4v) is 1.22. The molecule has 0 bridgehead atoms. The van der Waals surface area contributed by atoms with E-state index in [0.29, 0.717) is 11.9 Å². The Labute approximate surface area is 66.1 Å². The molecule has 0 aliphatic carbocycles. The number of carbonyl (C=O) groups is 1. The number of aryl methyl sites for hydroxylation is 1. The Morgan fingerprint density at radius 2 is 2.27 bits per heavy atom. The Kier molecular flexibility index (Phi) is 2.08. The first-order valence-electron chi connectivity index (χ1n) is 3.65. The number of aldehydes is 1. The van der Waals surface area contributed by atoms with Gasteiger partial charge in [-0.1, -0.05) is 0 Å². The standard InChI is InChI=1S/C8H12N2O/c1-6(2)10-7(3)4-9-8(10)5-11/h4-6H,1-3H3. The van der Waals surface area contributed by atoms with Gasteiger partial charge in [-0.3, -0.25) is 4.79 Å². The SMILES string of the molecule is Cc1cnc(C=O)n1C(C)C. The molecule has 1 aromatic heterocycles. The summed E-state index contributed by atoms with van der Waals surface area (Å²) in [5.41, 5.74) is 1.03. The summed E-state index contributed by atoms with van der Waals surface area (Å²) in [5.74, 6) is 0.512. The van der Waals surface area contributed by atoms with Crippen LogP contribution in [0.5, 0.6) is 0 Å². The van der Waals surface area contributed by atoms with Crippen LogP contribution in [0.15, 0.2) is 6.20 Å². The number of nitrogens with zero attached hydrogens (tertiary/aromatic N) is 2. The van der Waals surface area contributed by atoms with Crippen molar-refractivity contribution in [1.29, 1.82) is 0 Å². The molecule has 0 saturated carbocycles. The molecule has 1 aromatic rings. The van der Waals surface area contributed by atoms with Gasteiger partial charge in [-0.25, -0.2) is 4.98 Å². The maximum atomic E-state index is 10.5. The van der Waals surface area contributed by atoms with Gasteiger partial charge in [0.1, 0.15) is 0 Å². The van der Waals surface area contributed by atoms with Crippen LogP contribution in [-0.4, -0.2) is 15.8 Å². The minimum atomic E-state index is 0.303. The lowest BCUT2D eigenvalue weighted by atomic mass is 10.3. The highest BCUT2D eigenvalue weighted by molar-refractivity contribution is 5.69. The van der Waals surface area contributed by atoms with Crippen molar-refractivity contribution in [2.45, 2.75) is 26.8 Å². The first-order valence-corrected chi connectivity index (χ1v) is 3.65. The van der Waals surface area contributed by atoms with Crippen LogP contribution in [0, 0.1) is 6.92 Å². The van der Waals surface area contributed by atoms with Crippen molar-refractivity contribution >= 4 is 6.29 Å². The van der Waals surface area contributed by atoms with Crippen molar-refractivity contribution in [1.82, 2.24) is 9.55 Å². The minimum absolute atomic E-state index is 0.303. The minimum Gasteiger partial charge on any atom is -0.324 e. The predicted octanol–water partition coefficient (Wildman–Crippen LogP) is 1.58. The van der Waals surface area contributed by atoms with Crippen molar-refractivity contribution in [3.05, 3.63) is 17.7 Å². The fraction of sp³-hybridized carbons (Fsp3) is 0.500. The van der Waals surface area contributed by atoms with Crippen molar-refractivity contribution < 1.29 is 4.79 Å². The topological polar surface area (TPSA) is 34.9 Å². The van der Waals surface area contributed by atoms with Gasteiger partial charge in [0.15, 0.2) is 12.1 Å². The zero-order valence-corrected chi connectivity index (χ0v) is 7.03. The van der Waals surface area contributed by atoms with Gasteiger partial charge in [-0.15, -0.1) is 0 Å². The second kappa shape index (κ2) is 2.86. The average Bonchev–Trinajstić information content (AvgIpc) is 2.30. The lowest BCUT2D eigenvalue weighted by molar-refractivity contribution is 0.110. The second-order valence-electron chi connectivity index (χ2n) is 2.84. The highest BCUT2D eigenvalue weighted by Gasteiger charge is 2.07. The quantitative estimate of drug-likeness (QED) is 0.603. The van der Waals surface area contributed by atoms with Gasteiger partial charge in [0.05, 0.1) is 0 Å². The summed E-state index contributed by atoms with van der Waals surface area (Å²) in [4.78, 5) is 14.4. The highest BCUT2D eigenvalue weighted by Crippen LogP contribution is 2.10. The van der Waals surface area contributed by atoms with Crippen LogP contribution in [-0.2, 0) is 0 Å². The summed E-state index contributed by atoms with van der Waals surface area (Å²) in [6.07, 6.45) is 2.50. The van der Waals surface area contributed by atoms with Crippen molar-refractivity contribution in [2.24, 2.45) is 0 Å². The van der Waals surface area contributed by atoms with E-state index in [-0.39, 0.29) is 0 Å². The summed E-state index contributed by atoms with van der Waals surface area (Å²) in [7, 11) is 0. The van der Waals surface area contributed by atoms with E-state index in [1.165, 1.54) is 0 Å². The average molecular weight is 152 g/mol. The Balaban J connectivity index is 3.17. The predicted molar refractivity (Wildman–Crippen MR) is 42.7 cm³/mol. The summed E-state index contributed by atoms with van der Waals surface area (Å²) in [6, 6.07) is 0.303. The van der Waals surface area contributed by atoms with Crippen LogP contribution in [0.3, 0.4) is 0 Å². The largest absolute Gasteiger partial charge is 0.324 e. The first kappa shape index (κ1) is 7.98. The normalized spacial score (nSPS) is 10.5. The Bertz CT molecular complexity index is 263. The number of carbonyl (C=O) groups excluding carboxylic acids is 1. The monoisotopic (exact) mass is 152 g/mol. The molecule has 60 valence electrons. The van der Waals surface area contributed by atoms with Gasteiger partial charge in [0, 0.05) is 17.9 Å². The number of aromatic nitrogens is 2. The molecule has 0 fully saturated rings. The summed E-state index contributed by atoms with van der Waals surface area (Å²) < 4.78 is 1.91. The molecule has 0 aromatic carbocycles. The van der Waals surface area contributed by atoms with Crippen molar-refractivity contribution in [3.8, 4) is 0 Å². The summed E-state index contributed by atoms with van der Waals surface area (Å²) in [5, 5.41) is 0. The molecule has 0 N–H and O–H groups in total. The molecular weight excluding hydrogens is 140 g/mol. The van der Waals surface area contributed by atoms with Crippen molar-refractivity contribution in [2.75, 3.05) is 0 Å². The molecule has 0 aliphatic rings. The zero-order valence-electron chi connectivity index (χ0n) is 7.03. The van der Waals surface area contributed by atoms with E-state index in [4.69, 9.17) is 0 Å². The molecule has 0 atom stereocenters. The van der Waals surface area contributed by atoms with Crippen LogP contribution >= 0.6 is 0 Å². The molecule has 11 heavy (non-hydrogen) atoms. The third-order valence-electron chi connectivity index (χ3n) is 1.63. The number of hydrogen-bond donors (Lipinski definition) is 0. The lowest BCUT2D eigenvalue weighted by Gasteiger charge is -2.10. The van der Waals surface area contributed by atoms with Gasteiger partial charge in [0.25, 0.3) is 0 Å². The summed E-state index contributed by atoms with van der Waals surface area (Å²) in [6.45, 7) is 6.00. The molecule has 0 radical (unpaired) electrons. The van der Waals surface area contributed by atoms with E-state index < -0.39 is 0 Å². The van der Waals surface area contributed by atoms with Gasteiger partial charge >= 0.3 is 0 Å². The summed E-state index contributed by atoms with van der Waals surface area (Å²) >= 11 is 0. The maximum Gasteiger partial charge on any atom is 0.185 e. The van der Waals surface area contributed by atoms with Crippen LogP contribution in [0.25, 0.3) is 0 Å². The lowest BCUT2D eigenvalue weighted by Crippen LogP contribution is -2.06. The van der Waals surface area contributed by atoms with Crippen molar-refractivity contribution in [3.63, 3.8) is 0 Å². The molecule has 3 heteroatoms. The Morgan fingerprint density at radius 3 is 2.64 bits per heavy atom. The van der Waals surface area contributed by atoms with Gasteiger partial charge in [-0.2, -0.15) is 0 Å².